The van der Waals surface area contributed by atoms with Gasteiger partial charge in [-0.3, -0.25) is 14.4 Å². The van der Waals surface area contributed by atoms with Crippen LogP contribution in [0.4, 0.5) is 0 Å². The third kappa shape index (κ3) is 6.21. The fourth-order valence-corrected chi connectivity index (χ4v) is 1.83. The number of Topliss-reactive ketones (excluding diaryl/α,β-unsaturated/α-hetero) is 1. The quantitative estimate of drug-likeness (QED) is 0.544. The number of ether oxygens (including phenoxy) is 2. The SMILES string of the molecule is CCCC(=O)O[C@@H](CC(=O)CC(=O)OC)c1ccccc1. The van der Waals surface area contributed by atoms with Crippen LogP contribution in [0.15, 0.2) is 30.3 Å². The molecule has 0 unspecified atom stereocenters. The van der Waals surface area contributed by atoms with E-state index in [1.807, 2.05) is 13.0 Å². The van der Waals surface area contributed by atoms with E-state index >= 15 is 0 Å². The molecule has 21 heavy (non-hydrogen) atoms. The summed E-state index contributed by atoms with van der Waals surface area (Å²) >= 11 is 0. The Morgan fingerprint density at radius 1 is 1.10 bits per heavy atom. The Morgan fingerprint density at radius 3 is 2.33 bits per heavy atom. The van der Waals surface area contributed by atoms with E-state index in [4.69, 9.17) is 4.74 Å². The number of methoxy groups -OCH3 is 1. The lowest BCUT2D eigenvalue weighted by Gasteiger charge is -2.17. The van der Waals surface area contributed by atoms with Crippen LogP contribution in [0.25, 0.3) is 0 Å². The molecule has 0 radical (unpaired) electrons. The average Bonchev–Trinajstić information content (AvgIpc) is 2.47. The normalized spacial score (nSPS) is 11.5. The van der Waals surface area contributed by atoms with Crippen LogP contribution in [-0.2, 0) is 23.9 Å². The van der Waals surface area contributed by atoms with E-state index in [2.05, 4.69) is 4.74 Å². The largest absolute Gasteiger partial charge is 0.469 e. The fraction of sp³-hybridized carbons (Fsp3) is 0.438. The summed E-state index contributed by atoms with van der Waals surface area (Å²) in [7, 11) is 1.23. The molecule has 1 rings (SSSR count). The number of ketones is 1. The van der Waals surface area contributed by atoms with Gasteiger partial charge in [0.1, 0.15) is 18.3 Å². The molecule has 0 fully saturated rings. The zero-order valence-electron chi connectivity index (χ0n) is 12.3. The summed E-state index contributed by atoms with van der Waals surface area (Å²) in [5, 5.41) is 0. The zero-order chi connectivity index (χ0) is 15.7. The van der Waals surface area contributed by atoms with Gasteiger partial charge < -0.3 is 9.47 Å². The molecule has 0 amide bonds. The molecule has 0 bridgehead atoms. The van der Waals surface area contributed by atoms with Gasteiger partial charge >= 0.3 is 11.9 Å². The summed E-state index contributed by atoms with van der Waals surface area (Å²) in [4.78, 5) is 34.6. The highest BCUT2D eigenvalue weighted by Gasteiger charge is 2.21. The number of carbonyl (C=O) groups is 3. The van der Waals surface area contributed by atoms with E-state index in [-0.39, 0.29) is 24.6 Å². The topological polar surface area (TPSA) is 69.7 Å². The Balaban J connectivity index is 2.75. The summed E-state index contributed by atoms with van der Waals surface area (Å²) in [5.41, 5.74) is 0.736. The van der Waals surface area contributed by atoms with Gasteiger partial charge in [-0.05, 0) is 12.0 Å². The summed E-state index contributed by atoms with van der Waals surface area (Å²) in [6, 6.07) is 9.02. The Kier molecular flexibility index (Phi) is 7.15. The van der Waals surface area contributed by atoms with E-state index in [0.717, 1.165) is 5.56 Å². The molecule has 0 N–H and O–H groups in total. The second kappa shape index (κ2) is 8.89. The molecule has 0 saturated carbocycles. The molecule has 0 spiro atoms. The molecule has 0 saturated heterocycles. The predicted molar refractivity (Wildman–Crippen MR) is 76.4 cm³/mol. The van der Waals surface area contributed by atoms with E-state index in [0.29, 0.717) is 12.8 Å². The fourth-order valence-electron chi connectivity index (χ4n) is 1.83. The van der Waals surface area contributed by atoms with Crippen LogP contribution in [0.2, 0.25) is 0 Å². The number of benzene rings is 1. The van der Waals surface area contributed by atoms with Crippen molar-refractivity contribution in [2.75, 3.05) is 7.11 Å². The number of esters is 2. The molecule has 0 aliphatic carbocycles. The zero-order valence-corrected chi connectivity index (χ0v) is 12.3. The van der Waals surface area contributed by atoms with E-state index < -0.39 is 12.1 Å². The summed E-state index contributed by atoms with van der Waals surface area (Å²) in [5.74, 6) is -1.26. The van der Waals surface area contributed by atoms with Crippen LogP contribution in [0.3, 0.4) is 0 Å². The monoisotopic (exact) mass is 292 g/mol. The summed E-state index contributed by atoms with van der Waals surface area (Å²) in [6.45, 7) is 1.88. The molecule has 0 aliphatic rings. The minimum absolute atomic E-state index is 0.0332. The molecule has 1 aromatic rings. The molecule has 1 aromatic carbocycles. The first kappa shape index (κ1) is 16.9. The minimum Gasteiger partial charge on any atom is -0.469 e. The molecule has 1 atom stereocenters. The lowest BCUT2D eigenvalue weighted by molar-refractivity contribution is -0.151. The molecular weight excluding hydrogens is 272 g/mol. The van der Waals surface area contributed by atoms with Crippen LogP contribution >= 0.6 is 0 Å². The summed E-state index contributed by atoms with van der Waals surface area (Å²) in [6.07, 6.45) is -0.0348. The van der Waals surface area contributed by atoms with E-state index in [9.17, 15) is 14.4 Å². The maximum Gasteiger partial charge on any atom is 0.313 e. The number of rotatable bonds is 8. The van der Waals surface area contributed by atoms with Crippen molar-refractivity contribution < 1.29 is 23.9 Å². The maximum atomic E-state index is 11.8. The molecule has 114 valence electrons. The molecular formula is C16H20O5. The van der Waals surface area contributed by atoms with Crippen molar-refractivity contribution in [1.82, 2.24) is 0 Å². The minimum atomic E-state index is -0.664. The van der Waals surface area contributed by atoms with Gasteiger partial charge in [0, 0.05) is 12.8 Å². The highest BCUT2D eigenvalue weighted by Crippen LogP contribution is 2.23. The standard InChI is InChI=1S/C16H20O5/c1-3-7-15(18)21-14(12-8-5-4-6-9-12)10-13(17)11-16(19)20-2/h4-6,8-9,14H,3,7,10-11H2,1-2H3/t14-/m0/s1. The van der Waals surface area contributed by atoms with Gasteiger partial charge in [0.25, 0.3) is 0 Å². The predicted octanol–water partition coefficient (Wildman–Crippen LogP) is 2.59. The second-order valence-electron chi connectivity index (χ2n) is 4.63. The highest BCUT2D eigenvalue weighted by atomic mass is 16.5. The lowest BCUT2D eigenvalue weighted by atomic mass is 10.0. The lowest BCUT2D eigenvalue weighted by Crippen LogP contribution is -2.17. The van der Waals surface area contributed by atoms with E-state index in [1.165, 1.54) is 7.11 Å². The van der Waals surface area contributed by atoms with Crippen LogP contribution in [0.5, 0.6) is 0 Å². The molecule has 5 heteroatoms. The van der Waals surface area contributed by atoms with Gasteiger partial charge in [-0.15, -0.1) is 0 Å². The van der Waals surface area contributed by atoms with Crippen molar-refractivity contribution in [2.24, 2.45) is 0 Å². The Bertz CT molecular complexity index is 481. The number of hydrogen-bond acceptors (Lipinski definition) is 5. The first-order chi connectivity index (χ1) is 10.1. The molecule has 0 aliphatic heterocycles. The van der Waals surface area contributed by atoms with Gasteiger partial charge in [-0.1, -0.05) is 37.3 Å². The highest BCUT2D eigenvalue weighted by molar-refractivity contribution is 5.95. The van der Waals surface area contributed by atoms with Gasteiger partial charge in [0.05, 0.1) is 7.11 Å². The van der Waals surface area contributed by atoms with Crippen LogP contribution in [-0.4, -0.2) is 24.8 Å². The first-order valence-corrected chi connectivity index (χ1v) is 6.89. The molecule has 0 heterocycles. The Hall–Kier alpha value is -2.17. The maximum absolute atomic E-state index is 11.8. The van der Waals surface area contributed by atoms with Gasteiger partial charge in [-0.25, -0.2) is 0 Å². The van der Waals surface area contributed by atoms with Crippen LogP contribution < -0.4 is 0 Å². The van der Waals surface area contributed by atoms with Crippen molar-refractivity contribution in [3.63, 3.8) is 0 Å². The molecule has 0 aromatic heterocycles. The van der Waals surface area contributed by atoms with Crippen molar-refractivity contribution in [2.45, 2.75) is 38.7 Å². The van der Waals surface area contributed by atoms with E-state index in [1.54, 1.807) is 24.3 Å². The summed E-state index contributed by atoms with van der Waals surface area (Å²) < 4.78 is 9.81. The third-order valence-electron chi connectivity index (χ3n) is 2.88. The van der Waals surface area contributed by atoms with Crippen molar-refractivity contribution in [3.05, 3.63) is 35.9 Å². The van der Waals surface area contributed by atoms with Crippen molar-refractivity contribution >= 4 is 17.7 Å². The Labute approximate surface area is 124 Å². The van der Waals surface area contributed by atoms with Gasteiger partial charge in [-0.2, -0.15) is 0 Å². The number of hydrogen-bond donors (Lipinski definition) is 0. The Morgan fingerprint density at radius 2 is 1.76 bits per heavy atom. The van der Waals surface area contributed by atoms with Crippen molar-refractivity contribution in [3.8, 4) is 0 Å². The van der Waals surface area contributed by atoms with Gasteiger partial charge in [0.2, 0.25) is 0 Å². The van der Waals surface area contributed by atoms with Crippen molar-refractivity contribution in [1.29, 1.82) is 0 Å². The van der Waals surface area contributed by atoms with Crippen LogP contribution in [0, 0.1) is 0 Å². The van der Waals surface area contributed by atoms with Crippen LogP contribution in [0.1, 0.15) is 44.3 Å². The first-order valence-electron chi connectivity index (χ1n) is 6.89. The second-order valence-corrected chi connectivity index (χ2v) is 4.63. The number of carbonyl (C=O) groups excluding carboxylic acids is 3. The third-order valence-corrected chi connectivity index (χ3v) is 2.88. The van der Waals surface area contributed by atoms with Gasteiger partial charge in [0.15, 0.2) is 0 Å². The average molecular weight is 292 g/mol. The smallest absolute Gasteiger partial charge is 0.313 e. The molecule has 5 nitrogen and oxygen atoms in total.